The van der Waals surface area contributed by atoms with Gasteiger partial charge in [0.2, 0.25) is 11.5 Å². The molecule has 1 amide bonds. The molecule has 2 rings (SSSR count). The highest BCUT2D eigenvalue weighted by atomic mass is 16.6. The lowest BCUT2D eigenvalue weighted by molar-refractivity contribution is 0.101. The van der Waals surface area contributed by atoms with Crippen molar-refractivity contribution in [2.45, 2.75) is 13.8 Å². The fourth-order valence-corrected chi connectivity index (χ4v) is 1.41. The van der Waals surface area contributed by atoms with Crippen LogP contribution in [-0.4, -0.2) is 16.2 Å². The van der Waals surface area contributed by atoms with Crippen molar-refractivity contribution in [1.29, 1.82) is 0 Å². The topological polar surface area (TPSA) is 94.0 Å². The van der Waals surface area contributed by atoms with Crippen LogP contribution in [0, 0.1) is 13.8 Å². The SMILES string of the molecule is Cc1ccc(C)c(NC(=O)c2nonc2N)c1. The van der Waals surface area contributed by atoms with E-state index in [2.05, 4.69) is 20.3 Å². The van der Waals surface area contributed by atoms with Crippen LogP contribution < -0.4 is 11.1 Å². The maximum absolute atomic E-state index is 11.8. The molecule has 0 aliphatic heterocycles. The third-order valence-corrected chi connectivity index (χ3v) is 2.37. The van der Waals surface area contributed by atoms with Gasteiger partial charge in [-0.15, -0.1) is 0 Å². The number of aromatic nitrogens is 2. The Morgan fingerprint density at radius 1 is 1.35 bits per heavy atom. The number of rotatable bonds is 2. The van der Waals surface area contributed by atoms with Crippen LogP contribution in [-0.2, 0) is 0 Å². The molecular weight excluding hydrogens is 220 g/mol. The summed E-state index contributed by atoms with van der Waals surface area (Å²) in [7, 11) is 0. The number of nitrogens with one attached hydrogen (secondary N) is 1. The molecule has 1 aromatic carbocycles. The summed E-state index contributed by atoms with van der Waals surface area (Å²) in [6.07, 6.45) is 0. The van der Waals surface area contributed by atoms with Gasteiger partial charge in [0.1, 0.15) is 0 Å². The lowest BCUT2D eigenvalue weighted by Crippen LogP contribution is -2.15. The first-order valence-corrected chi connectivity index (χ1v) is 5.04. The second-order valence-corrected chi connectivity index (χ2v) is 3.77. The molecule has 0 saturated carbocycles. The Kier molecular flexibility index (Phi) is 2.78. The minimum absolute atomic E-state index is 0.00842. The maximum Gasteiger partial charge on any atom is 0.281 e. The summed E-state index contributed by atoms with van der Waals surface area (Å²) in [5, 5.41) is 9.50. The average Bonchev–Trinajstić information content (AvgIpc) is 2.70. The molecule has 1 heterocycles. The zero-order valence-corrected chi connectivity index (χ0v) is 9.52. The molecule has 0 spiro atoms. The van der Waals surface area contributed by atoms with E-state index in [-0.39, 0.29) is 11.5 Å². The molecular formula is C11H12N4O2. The first-order valence-electron chi connectivity index (χ1n) is 5.04. The van der Waals surface area contributed by atoms with E-state index in [1.54, 1.807) is 0 Å². The number of nitrogens with zero attached hydrogens (tertiary/aromatic N) is 2. The highest BCUT2D eigenvalue weighted by Crippen LogP contribution is 2.17. The molecule has 2 aromatic rings. The van der Waals surface area contributed by atoms with Crippen LogP contribution in [0.5, 0.6) is 0 Å². The maximum atomic E-state index is 11.8. The highest BCUT2D eigenvalue weighted by molar-refractivity contribution is 6.05. The Labute approximate surface area is 97.8 Å². The van der Waals surface area contributed by atoms with Crippen molar-refractivity contribution in [2.75, 3.05) is 11.1 Å². The van der Waals surface area contributed by atoms with Gasteiger partial charge in [0, 0.05) is 5.69 Å². The number of nitrogens with two attached hydrogens (primary N) is 1. The first kappa shape index (κ1) is 11.1. The Morgan fingerprint density at radius 3 is 2.76 bits per heavy atom. The van der Waals surface area contributed by atoms with Crippen LogP contribution >= 0.6 is 0 Å². The second kappa shape index (κ2) is 4.25. The van der Waals surface area contributed by atoms with Crippen molar-refractivity contribution in [3.63, 3.8) is 0 Å². The van der Waals surface area contributed by atoms with Crippen LogP contribution in [0.2, 0.25) is 0 Å². The molecule has 0 aliphatic carbocycles. The predicted octanol–water partition coefficient (Wildman–Crippen LogP) is 1.52. The summed E-state index contributed by atoms with van der Waals surface area (Å²) >= 11 is 0. The summed E-state index contributed by atoms with van der Waals surface area (Å²) in [5.74, 6) is -0.453. The molecule has 0 bridgehead atoms. The Hall–Kier alpha value is -2.37. The number of anilines is 2. The summed E-state index contributed by atoms with van der Waals surface area (Å²) in [4.78, 5) is 11.8. The highest BCUT2D eigenvalue weighted by Gasteiger charge is 2.16. The summed E-state index contributed by atoms with van der Waals surface area (Å²) < 4.78 is 4.37. The van der Waals surface area contributed by atoms with Gasteiger partial charge in [-0.05, 0) is 41.4 Å². The van der Waals surface area contributed by atoms with E-state index in [0.29, 0.717) is 0 Å². The van der Waals surface area contributed by atoms with Crippen LogP contribution in [0.15, 0.2) is 22.8 Å². The number of nitrogen functional groups attached to an aromatic ring is 1. The summed E-state index contributed by atoms with van der Waals surface area (Å²) in [6.45, 7) is 3.85. The molecule has 6 nitrogen and oxygen atoms in total. The molecule has 1 aromatic heterocycles. The second-order valence-electron chi connectivity index (χ2n) is 3.77. The monoisotopic (exact) mass is 232 g/mol. The van der Waals surface area contributed by atoms with Crippen molar-refractivity contribution in [3.8, 4) is 0 Å². The number of carbonyl (C=O) groups is 1. The van der Waals surface area contributed by atoms with E-state index in [1.807, 2.05) is 32.0 Å². The fraction of sp³-hybridized carbons (Fsp3) is 0.182. The molecule has 0 aliphatic rings. The van der Waals surface area contributed by atoms with Crippen molar-refractivity contribution in [2.24, 2.45) is 0 Å². The molecule has 0 unspecified atom stereocenters. The molecule has 6 heteroatoms. The summed E-state index contributed by atoms with van der Waals surface area (Å²) in [5.41, 5.74) is 8.16. The third-order valence-electron chi connectivity index (χ3n) is 2.37. The van der Waals surface area contributed by atoms with E-state index >= 15 is 0 Å². The van der Waals surface area contributed by atoms with Crippen molar-refractivity contribution < 1.29 is 9.42 Å². The predicted molar refractivity (Wildman–Crippen MR) is 62.6 cm³/mol. The zero-order chi connectivity index (χ0) is 12.4. The molecule has 0 saturated heterocycles. The number of hydrogen-bond donors (Lipinski definition) is 2. The standard InChI is InChI=1S/C11H12N4O2/c1-6-3-4-7(2)8(5-6)13-11(16)9-10(12)15-17-14-9/h3-5H,1-2H3,(H2,12,15)(H,13,16). The Bertz CT molecular complexity index is 562. The number of hydrogen-bond acceptors (Lipinski definition) is 5. The van der Waals surface area contributed by atoms with Crippen LogP contribution in [0.25, 0.3) is 0 Å². The van der Waals surface area contributed by atoms with E-state index in [9.17, 15) is 4.79 Å². The zero-order valence-electron chi connectivity index (χ0n) is 9.52. The molecule has 0 fully saturated rings. The Morgan fingerprint density at radius 2 is 2.12 bits per heavy atom. The minimum atomic E-state index is -0.433. The van der Waals surface area contributed by atoms with Gasteiger partial charge in [0.05, 0.1) is 0 Å². The van der Waals surface area contributed by atoms with Gasteiger partial charge in [-0.2, -0.15) is 0 Å². The van der Waals surface area contributed by atoms with Gasteiger partial charge in [0.15, 0.2) is 0 Å². The molecule has 88 valence electrons. The molecule has 0 radical (unpaired) electrons. The molecule has 17 heavy (non-hydrogen) atoms. The molecule has 0 atom stereocenters. The molecule has 3 N–H and O–H groups in total. The minimum Gasteiger partial charge on any atom is -0.379 e. The van der Waals surface area contributed by atoms with Crippen LogP contribution in [0.1, 0.15) is 21.6 Å². The van der Waals surface area contributed by atoms with Crippen molar-refractivity contribution >= 4 is 17.4 Å². The van der Waals surface area contributed by atoms with Gasteiger partial charge < -0.3 is 11.1 Å². The van der Waals surface area contributed by atoms with Crippen molar-refractivity contribution in [1.82, 2.24) is 10.3 Å². The largest absolute Gasteiger partial charge is 0.379 e. The smallest absolute Gasteiger partial charge is 0.281 e. The lowest BCUT2D eigenvalue weighted by Gasteiger charge is -2.07. The van der Waals surface area contributed by atoms with Gasteiger partial charge in [-0.1, -0.05) is 12.1 Å². The van der Waals surface area contributed by atoms with E-state index in [1.165, 1.54) is 0 Å². The third kappa shape index (κ3) is 2.25. The Balaban J connectivity index is 2.24. The van der Waals surface area contributed by atoms with Gasteiger partial charge in [0.25, 0.3) is 5.91 Å². The quantitative estimate of drug-likeness (QED) is 0.818. The average molecular weight is 232 g/mol. The van der Waals surface area contributed by atoms with Gasteiger partial charge in [-0.25, -0.2) is 4.63 Å². The lowest BCUT2D eigenvalue weighted by atomic mass is 10.1. The number of carbonyl (C=O) groups excluding carboxylic acids is 1. The normalized spacial score (nSPS) is 10.2. The van der Waals surface area contributed by atoms with Gasteiger partial charge >= 0.3 is 0 Å². The fourth-order valence-electron chi connectivity index (χ4n) is 1.41. The number of aryl methyl sites for hydroxylation is 2. The number of amides is 1. The van der Waals surface area contributed by atoms with E-state index in [4.69, 9.17) is 5.73 Å². The van der Waals surface area contributed by atoms with Crippen LogP contribution in [0.3, 0.4) is 0 Å². The van der Waals surface area contributed by atoms with Crippen molar-refractivity contribution in [3.05, 3.63) is 35.0 Å². The number of benzene rings is 1. The summed E-state index contributed by atoms with van der Waals surface area (Å²) in [6, 6.07) is 5.77. The first-order chi connectivity index (χ1) is 8.08. The van der Waals surface area contributed by atoms with Gasteiger partial charge in [-0.3, -0.25) is 4.79 Å². The van der Waals surface area contributed by atoms with E-state index < -0.39 is 5.91 Å². The van der Waals surface area contributed by atoms with E-state index in [0.717, 1.165) is 16.8 Å². The van der Waals surface area contributed by atoms with Crippen LogP contribution in [0.4, 0.5) is 11.5 Å².